The summed E-state index contributed by atoms with van der Waals surface area (Å²) in [7, 11) is 0. The number of nitrogens with zero attached hydrogens (tertiary/aromatic N) is 1. The molecule has 0 amide bonds. The molecule has 0 aliphatic rings. The van der Waals surface area contributed by atoms with Crippen LogP contribution in [-0.4, -0.2) is 17.5 Å². The topological polar surface area (TPSA) is 29.5 Å². The number of esters is 1. The van der Waals surface area contributed by atoms with Gasteiger partial charge in [-0.3, -0.25) is 4.90 Å². The van der Waals surface area contributed by atoms with Crippen molar-refractivity contribution in [1.82, 2.24) is 4.90 Å². The van der Waals surface area contributed by atoms with Gasteiger partial charge in [0.05, 0.1) is 6.61 Å². The van der Waals surface area contributed by atoms with Crippen LogP contribution < -0.4 is 0 Å². The fraction of sp³-hybridized carbons (Fsp3) is 0.156. The van der Waals surface area contributed by atoms with E-state index in [9.17, 15) is 4.79 Å². The van der Waals surface area contributed by atoms with Crippen LogP contribution >= 0.6 is 0 Å². The Labute approximate surface area is 208 Å². The third-order valence-electron chi connectivity index (χ3n) is 5.83. The Hall–Kier alpha value is -4.13. The van der Waals surface area contributed by atoms with Crippen LogP contribution in [0.1, 0.15) is 29.2 Å². The molecule has 0 radical (unpaired) electrons. The molecule has 3 nitrogen and oxygen atoms in total. The molecule has 0 fully saturated rings. The second-order valence-corrected chi connectivity index (χ2v) is 8.24. The van der Waals surface area contributed by atoms with Crippen LogP contribution in [0.15, 0.2) is 121 Å². The highest BCUT2D eigenvalue weighted by Crippen LogP contribution is 2.33. The number of benzene rings is 4. The number of hydrogen-bond acceptors (Lipinski definition) is 3. The zero-order chi connectivity index (χ0) is 24.3. The second-order valence-electron chi connectivity index (χ2n) is 8.24. The molecule has 0 aliphatic carbocycles. The first-order valence-electron chi connectivity index (χ1n) is 11.9. The molecular formula is C32H29NO2. The largest absolute Gasteiger partial charge is 0.464 e. The van der Waals surface area contributed by atoms with E-state index < -0.39 is 5.54 Å². The monoisotopic (exact) mass is 459 g/mol. The lowest BCUT2D eigenvalue weighted by Gasteiger charge is -2.39. The zero-order valence-electron chi connectivity index (χ0n) is 19.9. The average Bonchev–Trinajstić information content (AvgIpc) is 2.91. The number of carbonyl (C=O) groups is 1. The molecule has 174 valence electrons. The minimum Gasteiger partial charge on any atom is -0.464 e. The third-order valence-corrected chi connectivity index (χ3v) is 5.83. The van der Waals surface area contributed by atoms with Crippen LogP contribution in [0.2, 0.25) is 0 Å². The van der Waals surface area contributed by atoms with E-state index in [-0.39, 0.29) is 12.6 Å². The fourth-order valence-corrected chi connectivity index (χ4v) is 4.13. The minimum atomic E-state index is -1.31. The third kappa shape index (κ3) is 5.87. The normalized spacial score (nSPS) is 12.3. The van der Waals surface area contributed by atoms with Gasteiger partial charge < -0.3 is 4.74 Å². The van der Waals surface area contributed by atoms with Crippen molar-refractivity contribution >= 4 is 5.97 Å². The Balaban J connectivity index is 1.93. The van der Waals surface area contributed by atoms with E-state index >= 15 is 0 Å². The first-order chi connectivity index (χ1) is 17.2. The van der Waals surface area contributed by atoms with Crippen molar-refractivity contribution in [3.8, 4) is 11.8 Å². The number of carbonyl (C=O) groups excluding carboxylic acids is 1. The molecule has 0 spiro atoms. The number of ether oxygens (including phenoxy) is 1. The van der Waals surface area contributed by atoms with Crippen molar-refractivity contribution in [3.05, 3.63) is 144 Å². The van der Waals surface area contributed by atoms with Crippen molar-refractivity contribution in [2.24, 2.45) is 0 Å². The highest BCUT2D eigenvalue weighted by Gasteiger charge is 2.46. The summed E-state index contributed by atoms with van der Waals surface area (Å²) in [4.78, 5) is 16.1. The summed E-state index contributed by atoms with van der Waals surface area (Å²) in [6.07, 6.45) is 0. The molecule has 0 saturated carbocycles. The van der Waals surface area contributed by atoms with Gasteiger partial charge in [0.1, 0.15) is 0 Å². The molecule has 0 saturated heterocycles. The lowest BCUT2D eigenvalue weighted by atomic mass is 9.86. The van der Waals surface area contributed by atoms with E-state index in [1.165, 1.54) is 0 Å². The summed E-state index contributed by atoms with van der Waals surface area (Å²) in [5, 5.41) is 0. The maximum atomic E-state index is 13.9. The Bertz CT molecular complexity index is 1220. The van der Waals surface area contributed by atoms with Gasteiger partial charge in [0.15, 0.2) is 0 Å². The van der Waals surface area contributed by atoms with Gasteiger partial charge in [0.2, 0.25) is 5.54 Å². The van der Waals surface area contributed by atoms with Crippen molar-refractivity contribution in [2.75, 3.05) is 6.61 Å². The Morgan fingerprint density at radius 3 is 1.66 bits per heavy atom. The molecule has 4 aromatic carbocycles. The van der Waals surface area contributed by atoms with Gasteiger partial charge in [0, 0.05) is 18.7 Å². The first kappa shape index (κ1) is 24.0. The lowest BCUT2D eigenvalue weighted by Crippen LogP contribution is -2.51. The predicted octanol–water partition coefficient (Wildman–Crippen LogP) is 6.20. The summed E-state index contributed by atoms with van der Waals surface area (Å²) < 4.78 is 5.72. The van der Waals surface area contributed by atoms with E-state index in [1.54, 1.807) is 0 Å². The van der Waals surface area contributed by atoms with Gasteiger partial charge in [-0.15, -0.1) is 0 Å². The SMILES string of the molecule is CCOC(=O)C(C#Cc1ccccc1)(c1ccccc1)N(Cc1ccccc1)Cc1ccccc1. The van der Waals surface area contributed by atoms with Gasteiger partial charge in [0.25, 0.3) is 0 Å². The van der Waals surface area contributed by atoms with E-state index in [0.29, 0.717) is 13.1 Å². The molecule has 0 aromatic heterocycles. The van der Waals surface area contributed by atoms with Gasteiger partial charge >= 0.3 is 5.97 Å². The summed E-state index contributed by atoms with van der Waals surface area (Å²) >= 11 is 0. The van der Waals surface area contributed by atoms with Gasteiger partial charge in [-0.25, -0.2) is 4.79 Å². The van der Waals surface area contributed by atoms with Crippen molar-refractivity contribution < 1.29 is 9.53 Å². The van der Waals surface area contributed by atoms with Crippen LogP contribution in [0.5, 0.6) is 0 Å². The quantitative estimate of drug-likeness (QED) is 0.232. The molecule has 1 atom stereocenters. The van der Waals surface area contributed by atoms with E-state index in [1.807, 2.05) is 104 Å². The zero-order valence-corrected chi connectivity index (χ0v) is 19.9. The van der Waals surface area contributed by atoms with Crippen LogP contribution in [0.3, 0.4) is 0 Å². The Morgan fingerprint density at radius 2 is 1.17 bits per heavy atom. The molecule has 0 N–H and O–H groups in total. The maximum absolute atomic E-state index is 13.9. The first-order valence-corrected chi connectivity index (χ1v) is 11.9. The second kappa shape index (κ2) is 11.8. The van der Waals surface area contributed by atoms with Crippen molar-refractivity contribution in [1.29, 1.82) is 0 Å². The van der Waals surface area contributed by atoms with Crippen LogP contribution in [0.25, 0.3) is 0 Å². The summed E-state index contributed by atoms with van der Waals surface area (Å²) in [6.45, 7) is 3.14. The summed E-state index contributed by atoms with van der Waals surface area (Å²) in [5.74, 6) is 6.30. The molecule has 0 bridgehead atoms. The fourth-order valence-electron chi connectivity index (χ4n) is 4.13. The van der Waals surface area contributed by atoms with Crippen molar-refractivity contribution in [3.63, 3.8) is 0 Å². The summed E-state index contributed by atoms with van der Waals surface area (Å²) in [6, 6.07) is 39.8. The van der Waals surface area contributed by atoms with Gasteiger partial charge in [-0.2, -0.15) is 0 Å². The highest BCUT2D eigenvalue weighted by atomic mass is 16.5. The number of rotatable bonds is 8. The standard InChI is InChI=1S/C32H29NO2/c1-2-35-31(34)32(30-21-13-6-14-22-30,24-23-27-15-7-3-8-16-27)33(25-28-17-9-4-10-18-28)26-29-19-11-5-12-20-29/h3-22H,2,25-26H2,1H3. The molecule has 0 aliphatic heterocycles. The molecule has 4 aromatic rings. The Kier molecular flexibility index (Phi) is 8.12. The van der Waals surface area contributed by atoms with Gasteiger partial charge in [-0.1, -0.05) is 121 Å². The summed E-state index contributed by atoms with van der Waals surface area (Å²) in [5.41, 5.74) is 2.51. The van der Waals surface area contributed by atoms with Crippen LogP contribution in [0, 0.1) is 11.8 Å². The van der Waals surface area contributed by atoms with E-state index in [4.69, 9.17) is 4.74 Å². The van der Waals surface area contributed by atoms with Crippen molar-refractivity contribution in [2.45, 2.75) is 25.6 Å². The highest BCUT2D eigenvalue weighted by molar-refractivity contribution is 5.87. The Morgan fingerprint density at radius 1 is 0.714 bits per heavy atom. The molecule has 0 heterocycles. The van der Waals surface area contributed by atoms with Crippen LogP contribution in [0.4, 0.5) is 0 Å². The lowest BCUT2D eigenvalue weighted by molar-refractivity contribution is -0.155. The average molecular weight is 460 g/mol. The molecule has 1 unspecified atom stereocenters. The predicted molar refractivity (Wildman–Crippen MR) is 140 cm³/mol. The minimum absolute atomic E-state index is 0.269. The van der Waals surface area contributed by atoms with E-state index in [0.717, 1.165) is 22.3 Å². The van der Waals surface area contributed by atoms with E-state index in [2.05, 4.69) is 41.0 Å². The smallest absolute Gasteiger partial charge is 0.343 e. The molecule has 35 heavy (non-hydrogen) atoms. The maximum Gasteiger partial charge on any atom is 0.343 e. The molecule has 4 rings (SSSR count). The molecule has 3 heteroatoms. The van der Waals surface area contributed by atoms with Crippen LogP contribution in [-0.2, 0) is 28.2 Å². The molecular weight excluding hydrogens is 430 g/mol. The number of hydrogen-bond donors (Lipinski definition) is 0. The van der Waals surface area contributed by atoms with Gasteiger partial charge in [-0.05, 0) is 35.7 Å².